The number of benzene rings is 3. The highest BCUT2D eigenvalue weighted by atomic mass is 35.5. The minimum absolute atomic E-state index is 0.190. The number of nitrogens with zero attached hydrogens (tertiary/aromatic N) is 2. The zero-order valence-corrected chi connectivity index (χ0v) is 19.3. The van der Waals surface area contributed by atoms with Gasteiger partial charge in [-0.2, -0.15) is 0 Å². The summed E-state index contributed by atoms with van der Waals surface area (Å²) in [6, 6.07) is 19.1. The molecule has 0 radical (unpaired) electrons. The molecular weight excluding hydrogens is 456 g/mol. The van der Waals surface area contributed by atoms with Gasteiger partial charge in [0.15, 0.2) is 5.78 Å². The average molecular weight is 479 g/mol. The number of fused-ring (bicyclic) bond motifs is 1. The minimum atomic E-state index is -0.562. The number of aromatic nitrogens is 2. The lowest BCUT2D eigenvalue weighted by molar-refractivity contribution is 0.0903. The highest BCUT2D eigenvalue weighted by Gasteiger charge is 2.14. The third kappa shape index (κ3) is 4.66. The number of Topliss-reactive ketones (excluding diaryl/α,β-unsaturated/α-hetero) is 1. The highest BCUT2D eigenvalue weighted by molar-refractivity contribution is 6.32. The van der Waals surface area contributed by atoms with E-state index in [1.54, 1.807) is 65.2 Å². The normalized spacial score (nSPS) is 11.0. The lowest BCUT2D eigenvalue weighted by Gasteiger charge is -2.15. The molecular formula is C26H23ClN2O5. The molecule has 174 valence electrons. The van der Waals surface area contributed by atoms with Crippen LogP contribution >= 0.6 is 11.6 Å². The molecule has 0 saturated heterocycles. The number of halogens is 1. The molecule has 0 fully saturated rings. The van der Waals surface area contributed by atoms with Gasteiger partial charge in [-0.25, -0.2) is 4.79 Å². The predicted molar refractivity (Wildman–Crippen MR) is 131 cm³/mol. The summed E-state index contributed by atoms with van der Waals surface area (Å²) < 4.78 is 7.97. The van der Waals surface area contributed by atoms with Crippen molar-refractivity contribution in [1.82, 2.24) is 9.13 Å². The standard InChI is InChI=1S/C26H23ClN2O5/c1-34-24-11-8-17(14-21(24)27)12-13-28-25(32)20-4-2-3-5-22(20)29(26(28)33)15-18-6-9-19(10-7-18)23(31)16-30/h2-11,14,30H,12-13,15-16H2,1H3. The predicted octanol–water partition coefficient (Wildman–Crippen LogP) is 3.29. The summed E-state index contributed by atoms with van der Waals surface area (Å²) in [5.41, 5.74) is 1.83. The molecule has 0 atom stereocenters. The van der Waals surface area contributed by atoms with Crippen LogP contribution < -0.4 is 16.0 Å². The van der Waals surface area contributed by atoms with Crippen molar-refractivity contribution in [2.75, 3.05) is 13.7 Å². The van der Waals surface area contributed by atoms with E-state index in [9.17, 15) is 14.4 Å². The number of carbonyl (C=O) groups is 1. The third-order valence-corrected chi connectivity index (χ3v) is 6.03. The fourth-order valence-electron chi connectivity index (χ4n) is 3.90. The van der Waals surface area contributed by atoms with Gasteiger partial charge in [0.2, 0.25) is 0 Å². The Bertz CT molecular complexity index is 1470. The Morgan fingerprint density at radius 3 is 2.35 bits per heavy atom. The Kier molecular flexibility index (Phi) is 6.95. The van der Waals surface area contributed by atoms with Crippen LogP contribution in [0.1, 0.15) is 21.5 Å². The highest BCUT2D eigenvalue weighted by Crippen LogP contribution is 2.25. The van der Waals surface area contributed by atoms with E-state index in [1.807, 2.05) is 6.07 Å². The van der Waals surface area contributed by atoms with Gasteiger partial charge in [0.1, 0.15) is 12.4 Å². The van der Waals surface area contributed by atoms with Gasteiger partial charge in [-0.1, -0.05) is 54.1 Å². The van der Waals surface area contributed by atoms with Crippen molar-refractivity contribution < 1.29 is 14.6 Å². The largest absolute Gasteiger partial charge is 0.495 e. The van der Waals surface area contributed by atoms with Crippen LogP contribution in [0.4, 0.5) is 0 Å². The average Bonchev–Trinajstić information content (AvgIpc) is 2.86. The van der Waals surface area contributed by atoms with Crippen molar-refractivity contribution in [3.05, 3.63) is 109 Å². The van der Waals surface area contributed by atoms with E-state index >= 15 is 0 Å². The molecule has 0 amide bonds. The number of hydrogen-bond acceptors (Lipinski definition) is 5. The topological polar surface area (TPSA) is 90.5 Å². The van der Waals surface area contributed by atoms with E-state index in [2.05, 4.69) is 0 Å². The van der Waals surface area contributed by atoms with Crippen LogP contribution in [0.15, 0.2) is 76.3 Å². The second-order valence-corrected chi connectivity index (χ2v) is 8.25. The molecule has 8 heteroatoms. The lowest BCUT2D eigenvalue weighted by atomic mass is 10.1. The van der Waals surface area contributed by atoms with Gasteiger partial charge in [0.05, 0.1) is 29.6 Å². The van der Waals surface area contributed by atoms with Crippen LogP contribution in [0.2, 0.25) is 5.02 Å². The summed E-state index contributed by atoms with van der Waals surface area (Å²) in [4.78, 5) is 38.2. The number of ketones is 1. The van der Waals surface area contributed by atoms with Gasteiger partial charge in [-0.05, 0) is 41.8 Å². The number of para-hydroxylation sites is 1. The summed E-state index contributed by atoms with van der Waals surface area (Å²) in [7, 11) is 1.54. The summed E-state index contributed by atoms with van der Waals surface area (Å²) in [6.07, 6.45) is 0.440. The maximum absolute atomic E-state index is 13.4. The van der Waals surface area contributed by atoms with Crippen LogP contribution in [-0.2, 0) is 19.5 Å². The van der Waals surface area contributed by atoms with Crippen LogP contribution in [0.5, 0.6) is 5.75 Å². The van der Waals surface area contributed by atoms with Gasteiger partial charge in [0, 0.05) is 12.1 Å². The van der Waals surface area contributed by atoms with Crippen LogP contribution in [0, 0.1) is 0 Å². The van der Waals surface area contributed by atoms with Crippen molar-refractivity contribution >= 4 is 28.3 Å². The first-order chi connectivity index (χ1) is 16.4. The molecule has 4 rings (SSSR count). The van der Waals surface area contributed by atoms with Crippen LogP contribution in [0.25, 0.3) is 10.9 Å². The smallest absolute Gasteiger partial charge is 0.331 e. The maximum atomic E-state index is 13.4. The molecule has 7 nitrogen and oxygen atoms in total. The van der Waals surface area contributed by atoms with Gasteiger partial charge in [-0.15, -0.1) is 0 Å². The molecule has 1 heterocycles. The Hall–Kier alpha value is -3.68. The molecule has 3 aromatic carbocycles. The molecule has 0 aliphatic rings. The van der Waals surface area contributed by atoms with Crippen molar-refractivity contribution in [3.63, 3.8) is 0 Å². The second kappa shape index (κ2) is 10.1. The molecule has 0 unspecified atom stereocenters. The lowest BCUT2D eigenvalue weighted by Crippen LogP contribution is -2.40. The SMILES string of the molecule is COc1ccc(CCn2c(=O)c3ccccc3n(Cc3ccc(C(=O)CO)cc3)c2=O)cc1Cl. The molecule has 1 N–H and O–H groups in total. The molecule has 1 aromatic heterocycles. The fourth-order valence-corrected chi connectivity index (χ4v) is 4.18. The first-order valence-corrected chi connectivity index (χ1v) is 11.1. The van der Waals surface area contributed by atoms with E-state index in [4.69, 9.17) is 21.4 Å². The Morgan fingerprint density at radius 2 is 1.68 bits per heavy atom. The second-order valence-electron chi connectivity index (χ2n) is 7.84. The van der Waals surface area contributed by atoms with Gasteiger partial charge in [-0.3, -0.25) is 18.7 Å². The molecule has 0 bridgehead atoms. The van der Waals surface area contributed by atoms with E-state index in [-0.39, 0.29) is 24.4 Å². The number of ether oxygens (including phenoxy) is 1. The van der Waals surface area contributed by atoms with Gasteiger partial charge >= 0.3 is 5.69 Å². The molecule has 0 spiro atoms. The summed E-state index contributed by atoms with van der Waals surface area (Å²) in [5.74, 6) is 0.184. The van der Waals surface area contributed by atoms with E-state index in [0.29, 0.717) is 33.7 Å². The summed E-state index contributed by atoms with van der Waals surface area (Å²) in [5, 5.41) is 9.95. The number of aliphatic hydroxyl groups excluding tert-OH is 1. The van der Waals surface area contributed by atoms with Crippen molar-refractivity contribution in [3.8, 4) is 5.75 Å². The first kappa shape index (κ1) is 23.5. The molecule has 0 aliphatic carbocycles. The first-order valence-electron chi connectivity index (χ1n) is 10.7. The van der Waals surface area contributed by atoms with E-state index < -0.39 is 12.3 Å². The number of rotatable bonds is 8. The molecule has 34 heavy (non-hydrogen) atoms. The molecule has 0 saturated carbocycles. The zero-order chi connectivity index (χ0) is 24.2. The monoisotopic (exact) mass is 478 g/mol. The van der Waals surface area contributed by atoms with Crippen molar-refractivity contribution in [2.45, 2.75) is 19.5 Å². The third-order valence-electron chi connectivity index (χ3n) is 5.73. The van der Waals surface area contributed by atoms with Crippen molar-refractivity contribution in [1.29, 1.82) is 0 Å². The summed E-state index contributed by atoms with van der Waals surface area (Å²) >= 11 is 6.21. The number of hydrogen-bond donors (Lipinski definition) is 1. The maximum Gasteiger partial charge on any atom is 0.331 e. The Labute approximate surface area is 200 Å². The zero-order valence-electron chi connectivity index (χ0n) is 18.5. The van der Waals surface area contributed by atoms with E-state index in [1.165, 1.54) is 11.7 Å². The number of carbonyl (C=O) groups excluding carboxylic acids is 1. The minimum Gasteiger partial charge on any atom is -0.495 e. The Morgan fingerprint density at radius 1 is 0.971 bits per heavy atom. The number of aliphatic hydroxyl groups is 1. The van der Waals surface area contributed by atoms with Gasteiger partial charge in [0.25, 0.3) is 5.56 Å². The van der Waals surface area contributed by atoms with Crippen LogP contribution in [-0.4, -0.2) is 33.7 Å². The van der Waals surface area contributed by atoms with Crippen LogP contribution in [0.3, 0.4) is 0 Å². The fraction of sp³-hybridized carbons (Fsp3) is 0.192. The molecule has 0 aliphatic heterocycles. The number of aryl methyl sites for hydroxylation is 1. The number of methoxy groups -OCH3 is 1. The Balaban J connectivity index is 1.71. The summed E-state index contributed by atoms with van der Waals surface area (Å²) in [6.45, 7) is -0.148. The van der Waals surface area contributed by atoms with Gasteiger partial charge < -0.3 is 9.84 Å². The van der Waals surface area contributed by atoms with E-state index in [0.717, 1.165) is 11.1 Å². The molecule has 4 aromatic rings. The van der Waals surface area contributed by atoms with Crippen molar-refractivity contribution in [2.24, 2.45) is 0 Å². The quantitative estimate of drug-likeness (QED) is 0.392.